The third-order valence-corrected chi connectivity index (χ3v) is 9.17. The molecule has 0 radical (unpaired) electrons. The van der Waals surface area contributed by atoms with E-state index in [0.29, 0.717) is 17.9 Å². The number of benzene rings is 3. The second kappa shape index (κ2) is 18.3. The second-order valence-electron chi connectivity index (χ2n) is 12.0. The van der Waals surface area contributed by atoms with E-state index in [4.69, 9.17) is 0 Å². The molecule has 5 rings (SSSR count). The molecule has 0 spiro atoms. The summed E-state index contributed by atoms with van der Waals surface area (Å²) in [6, 6.07) is 23.3. The summed E-state index contributed by atoms with van der Waals surface area (Å²) >= 11 is 0. The van der Waals surface area contributed by atoms with Gasteiger partial charge in [0.05, 0.1) is 0 Å². The van der Waals surface area contributed by atoms with E-state index in [1.165, 1.54) is 18.4 Å². The minimum absolute atomic E-state index is 0. The average Bonchev–Trinajstić information content (AvgIpc) is 2.98. The zero-order chi connectivity index (χ0) is 27.9. The molecule has 2 heterocycles. The van der Waals surface area contributed by atoms with Gasteiger partial charge in [0, 0.05) is 44.3 Å². The smallest absolute Gasteiger partial charge is 0.131 e. The molecular weight excluding hydrogens is 607 g/mol. The first-order valence-electron chi connectivity index (χ1n) is 15.2. The van der Waals surface area contributed by atoms with Crippen molar-refractivity contribution in [3.8, 4) is 11.1 Å². The lowest BCUT2D eigenvalue weighted by atomic mass is 9.79. The second-order valence-corrected chi connectivity index (χ2v) is 12.0. The average molecular weight is 655 g/mol. The molecule has 0 bridgehead atoms. The van der Waals surface area contributed by atoms with Gasteiger partial charge in [-0.05, 0) is 106 Å². The van der Waals surface area contributed by atoms with Crippen molar-refractivity contribution in [1.29, 1.82) is 0 Å². The number of hydrogen-bond donors (Lipinski definition) is 0. The molecule has 0 aliphatic carbocycles. The molecule has 8 heteroatoms. The fourth-order valence-corrected chi connectivity index (χ4v) is 6.75. The number of halogens is 5. The summed E-state index contributed by atoms with van der Waals surface area (Å²) in [7, 11) is 0. The molecule has 1 atom stereocenters. The zero-order valence-corrected chi connectivity index (χ0v) is 27.9. The monoisotopic (exact) mass is 653 g/mol. The van der Waals surface area contributed by atoms with Gasteiger partial charge in [-0.25, -0.2) is 8.78 Å². The van der Waals surface area contributed by atoms with Crippen LogP contribution in [0.3, 0.4) is 0 Å². The summed E-state index contributed by atoms with van der Waals surface area (Å²) in [5.74, 6) is 0.803. The van der Waals surface area contributed by atoms with E-state index in [1.807, 2.05) is 48.5 Å². The Labute approximate surface area is 276 Å². The van der Waals surface area contributed by atoms with Gasteiger partial charge in [-0.2, -0.15) is 0 Å². The first-order valence-corrected chi connectivity index (χ1v) is 15.2. The van der Waals surface area contributed by atoms with Gasteiger partial charge in [-0.3, -0.25) is 0 Å². The maximum atomic E-state index is 14.8. The molecule has 1 unspecified atom stereocenters. The highest BCUT2D eigenvalue weighted by atomic mass is 35.5. The molecule has 43 heavy (non-hydrogen) atoms. The van der Waals surface area contributed by atoms with Crippen molar-refractivity contribution in [3.05, 3.63) is 95.6 Å². The Morgan fingerprint density at radius 2 is 1.35 bits per heavy atom. The standard InChI is InChI=1S/C35H45F2N3.3ClH/c1-27(2)40-20-17-29(18-21-40)33(28-13-15-32(36)16-14-28)26-39-24-22-38(23-25-39)19-7-11-31-10-6-12-34(37)35(31)30-8-4-3-5-9-30;;;/h3-6,8-10,12-16,27,29,33H,7,11,17-26H2,1-2H3;3*1H. The molecule has 3 aromatic rings. The van der Waals surface area contributed by atoms with E-state index in [0.717, 1.165) is 81.9 Å². The molecule has 2 aliphatic heterocycles. The van der Waals surface area contributed by atoms with Crippen molar-refractivity contribution in [2.75, 3.05) is 52.4 Å². The van der Waals surface area contributed by atoms with Crippen LogP contribution in [0.5, 0.6) is 0 Å². The van der Waals surface area contributed by atoms with Crippen LogP contribution in [0, 0.1) is 17.6 Å². The van der Waals surface area contributed by atoms with Crippen molar-refractivity contribution >= 4 is 37.2 Å². The van der Waals surface area contributed by atoms with E-state index >= 15 is 0 Å². The van der Waals surface area contributed by atoms with Crippen LogP contribution in [0.1, 0.15) is 50.2 Å². The highest BCUT2D eigenvalue weighted by Gasteiger charge is 2.31. The predicted octanol–water partition coefficient (Wildman–Crippen LogP) is 8.35. The van der Waals surface area contributed by atoms with E-state index in [2.05, 4.69) is 34.6 Å². The summed E-state index contributed by atoms with van der Waals surface area (Å²) in [5, 5.41) is 0. The normalized spacial score (nSPS) is 17.5. The zero-order valence-electron chi connectivity index (χ0n) is 25.5. The number of aryl methyl sites for hydroxylation is 1. The first-order chi connectivity index (χ1) is 19.5. The van der Waals surface area contributed by atoms with E-state index < -0.39 is 0 Å². The highest BCUT2D eigenvalue weighted by Crippen LogP contribution is 2.34. The number of likely N-dealkylation sites (tertiary alicyclic amines) is 1. The largest absolute Gasteiger partial charge is 0.301 e. The van der Waals surface area contributed by atoms with Crippen LogP contribution in [0.2, 0.25) is 0 Å². The lowest BCUT2D eigenvalue weighted by molar-refractivity contribution is 0.0968. The van der Waals surface area contributed by atoms with E-state index in [-0.39, 0.29) is 48.9 Å². The Morgan fingerprint density at radius 3 is 1.98 bits per heavy atom. The third kappa shape index (κ3) is 10.1. The molecule has 2 saturated heterocycles. The SMILES string of the molecule is CC(C)N1CCC(C(CN2CCN(CCCc3cccc(F)c3-c3ccccc3)CC2)c2ccc(F)cc2)CC1.Cl.Cl.Cl. The summed E-state index contributed by atoms with van der Waals surface area (Å²) in [4.78, 5) is 7.77. The van der Waals surface area contributed by atoms with Gasteiger partial charge < -0.3 is 14.7 Å². The lowest BCUT2D eigenvalue weighted by Crippen LogP contribution is -2.49. The first kappa shape index (κ1) is 37.5. The fourth-order valence-electron chi connectivity index (χ4n) is 6.75. The molecule has 3 nitrogen and oxygen atoms in total. The Kier molecular flexibility index (Phi) is 15.9. The van der Waals surface area contributed by atoms with Gasteiger partial charge in [0.25, 0.3) is 0 Å². The maximum Gasteiger partial charge on any atom is 0.131 e. The van der Waals surface area contributed by atoms with Crippen LogP contribution >= 0.6 is 37.2 Å². The van der Waals surface area contributed by atoms with E-state index in [9.17, 15) is 8.78 Å². The number of nitrogens with zero attached hydrogens (tertiary/aromatic N) is 3. The van der Waals surface area contributed by atoms with Crippen LogP contribution in [-0.2, 0) is 6.42 Å². The van der Waals surface area contributed by atoms with Gasteiger partial charge >= 0.3 is 0 Å². The Bertz CT molecular complexity index is 1200. The molecular formula is C35H48Cl3F2N3. The molecule has 0 aromatic heterocycles. The third-order valence-electron chi connectivity index (χ3n) is 9.17. The maximum absolute atomic E-state index is 14.8. The summed E-state index contributed by atoms with van der Waals surface area (Å²) in [6.07, 6.45) is 4.33. The molecule has 0 saturated carbocycles. The molecule has 2 fully saturated rings. The minimum Gasteiger partial charge on any atom is -0.301 e. The Balaban J connectivity index is 0.00000215. The molecule has 238 valence electrons. The van der Waals surface area contributed by atoms with Crippen molar-refractivity contribution in [3.63, 3.8) is 0 Å². The highest BCUT2D eigenvalue weighted by molar-refractivity contribution is 5.86. The topological polar surface area (TPSA) is 9.72 Å². The van der Waals surface area contributed by atoms with Gasteiger partial charge in [0.2, 0.25) is 0 Å². The molecule has 3 aromatic carbocycles. The number of hydrogen-bond acceptors (Lipinski definition) is 3. The van der Waals surface area contributed by atoms with Gasteiger partial charge in [0.15, 0.2) is 0 Å². The molecule has 0 amide bonds. The molecule has 2 aliphatic rings. The predicted molar refractivity (Wildman–Crippen MR) is 183 cm³/mol. The van der Waals surface area contributed by atoms with Crippen molar-refractivity contribution in [1.82, 2.24) is 14.7 Å². The summed E-state index contributed by atoms with van der Waals surface area (Å²) in [6.45, 7) is 13.2. The number of piperazine rings is 1. The summed E-state index contributed by atoms with van der Waals surface area (Å²) in [5.41, 5.74) is 4.08. The van der Waals surface area contributed by atoms with Crippen LogP contribution < -0.4 is 0 Å². The van der Waals surface area contributed by atoms with Crippen molar-refractivity contribution in [2.24, 2.45) is 5.92 Å². The minimum atomic E-state index is -0.153. The van der Waals surface area contributed by atoms with Crippen LogP contribution in [0.4, 0.5) is 8.78 Å². The van der Waals surface area contributed by atoms with Gasteiger partial charge in [0.1, 0.15) is 11.6 Å². The van der Waals surface area contributed by atoms with Crippen molar-refractivity contribution < 1.29 is 8.78 Å². The van der Waals surface area contributed by atoms with Crippen LogP contribution in [-0.4, -0.2) is 73.1 Å². The fraction of sp³-hybridized carbons (Fsp3) is 0.486. The lowest BCUT2D eigenvalue weighted by Gasteiger charge is -2.41. The number of rotatable bonds is 10. The number of piperidine rings is 1. The van der Waals surface area contributed by atoms with Crippen LogP contribution in [0.25, 0.3) is 11.1 Å². The Morgan fingerprint density at radius 1 is 0.721 bits per heavy atom. The van der Waals surface area contributed by atoms with Gasteiger partial charge in [-0.1, -0.05) is 54.6 Å². The van der Waals surface area contributed by atoms with Crippen LogP contribution in [0.15, 0.2) is 72.8 Å². The molecule has 0 N–H and O–H groups in total. The Hall–Kier alpha value is -1.73. The van der Waals surface area contributed by atoms with Gasteiger partial charge in [-0.15, -0.1) is 37.2 Å². The summed E-state index contributed by atoms with van der Waals surface area (Å²) < 4.78 is 28.5. The van der Waals surface area contributed by atoms with Crippen molar-refractivity contribution in [2.45, 2.75) is 51.5 Å². The quantitative estimate of drug-likeness (QED) is 0.218. The van der Waals surface area contributed by atoms with E-state index in [1.54, 1.807) is 18.2 Å².